The Balaban J connectivity index is 1.58. The van der Waals surface area contributed by atoms with Crippen LogP contribution in [0.1, 0.15) is 48.6 Å². The Labute approximate surface area is 220 Å². The van der Waals surface area contributed by atoms with E-state index < -0.39 is 17.7 Å². The molecule has 0 saturated carbocycles. The molecule has 0 N–H and O–H groups in total. The van der Waals surface area contributed by atoms with Crippen LogP contribution in [0, 0.1) is 42.9 Å². The third-order valence-electron chi connectivity index (χ3n) is 7.01. The lowest BCUT2D eigenvalue weighted by molar-refractivity contribution is 0.606. The standard InChI is InChI=1S/C33H18Cl2/c1-3-32-24-13-4-7-16-27(24)33(28-17-8-5-14-25(28)32,29-18-9-6-15-26(29)32)21-11-10-12-23-20-19-22(2)30(34)31(23)35/h1,4-9,13-20H,2H3/i2D3. The number of hydrogen-bond donors (Lipinski definition) is 0. The molecule has 7 rings (SSSR count). The van der Waals surface area contributed by atoms with Gasteiger partial charge in [-0.05, 0) is 63.7 Å². The Kier molecular flexibility index (Phi) is 4.14. The molecule has 0 nitrogen and oxygen atoms in total. The highest BCUT2D eigenvalue weighted by atomic mass is 35.5. The van der Waals surface area contributed by atoms with Gasteiger partial charge in [-0.1, -0.05) is 120 Å². The van der Waals surface area contributed by atoms with Crippen molar-refractivity contribution in [3.8, 4) is 36.0 Å². The second-order valence-corrected chi connectivity index (χ2v) is 9.33. The first kappa shape index (κ1) is 18.5. The van der Waals surface area contributed by atoms with Gasteiger partial charge in [0.2, 0.25) is 0 Å². The Hall–Kier alpha value is -3.86. The molecular weight excluding hydrogens is 467 g/mol. The first-order chi connectivity index (χ1) is 18.3. The molecule has 3 aliphatic rings. The maximum absolute atomic E-state index is 7.63. The van der Waals surface area contributed by atoms with Gasteiger partial charge >= 0.3 is 0 Å². The summed E-state index contributed by atoms with van der Waals surface area (Å²) in [5, 5.41) is 0.0786. The molecular formula is C33H18Cl2. The molecule has 4 aromatic rings. The second-order valence-electron chi connectivity index (χ2n) is 8.57. The monoisotopic (exact) mass is 487 g/mol. The SMILES string of the molecule is [2H]C([2H])([2H])c1ccc(C#CC#CC23c4ccccc4C(C#C)(c4ccccc42)c2ccccc23)c(Cl)c1Cl. The quantitative estimate of drug-likeness (QED) is 0.228. The molecule has 0 aromatic heterocycles. The molecule has 0 unspecified atom stereocenters. The van der Waals surface area contributed by atoms with Crippen molar-refractivity contribution in [3.05, 3.63) is 139 Å². The zero-order valence-corrected chi connectivity index (χ0v) is 19.9. The van der Waals surface area contributed by atoms with E-state index in [-0.39, 0.29) is 15.6 Å². The van der Waals surface area contributed by atoms with Crippen LogP contribution in [0.4, 0.5) is 0 Å². The van der Waals surface area contributed by atoms with Crippen molar-refractivity contribution in [2.45, 2.75) is 17.7 Å². The molecule has 35 heavy (non-hydrogen) atoms. The summed E-state index contributed by atoms with van der Waals surface area (Å²) in [5.41, 5.74) is 5.25. The molecule has 0 saturated heterocycles. The van der Waals surface area contributed by atoms with Crippen LogP contribution in [0.2, 0.25) is 10.0 Å². The highest BCUT2D eigenvalue weighted by Crippen LogP contribution is 2.61. The molecule has 0 aliphatic heterocycles. The molecule has 2 bridgehead atoms. The van der Waals surface area contributed by atoms with Crippen molar-refractivity contribution in [2.75, 3.05) is 0 Å². The first-order valence-electron chi connectivity index (χ1n) is 12.6. The lowest BCUT2D eigenvalue weighted by atomic mass is 9.47. The van der Waals surface area contributed by atoms with Crippen LogP contribution >= 0.6 is 23.2 Å². The van der Waals surface area contributed by atoms with Crippen molar-refractivity contribution in [2.24, 2.45) is 0 Å². The molecule has 4 aromatic carbocycles. The summed E-state index contributed by atoms with van der Waals surface area (Å²) in [4.78, 5) is 0. The zero-order chi connectivity index (χ0) is 26.7. The maximum Gasteiger partial charge on any atom is 0.108 e. The molecule has 0 atom stereocenters. The molecule has 164 valence electrons. The van der Waals surface area contributed by atoms with Gasteiger partial charge in [0.1, 0.15) is 10.8 Å². The Bertz CT molecular complexity index is 1700. The van der Waals surface area contributed by atoms with E-state index in [1.165, 1.54) is 6.07 Å². The van der Waals surface area contributed by atoms with Crippen molar-refractivity contribution in [3.63, 3.8) is 0 Å². The smallest absolute Gasteiger partial charge is 0.108 e. The summed E-state index contributed by atoms with van der Waals surface area (Å²) in [6.07, 6.45) is 6.34. The Morgan fingerprint density at radius 3 is 1.60 bits per heavy atom. The minimum atomic E-state index is -2.37. The fraction of sp³-hybridized carbons (Fsp3) is 0.0909. The summed E-state index contributed by atoms with van der Waals surface area (Å²) >= 11 is 12.6. The van der Waals surface area contributed by atoms with Crippen LogP contribution in [0.3, 0.4) is 0 Å². The van der Waals surface area contributed by atoms with Gasteiger partial charge < -0.3 is 0 Å². The molecule has 0 amide bonds. The van der Waals surface area contributed by atoms with Crippen molar-refractivity contribution >= 4 is 23.2 Å². The summed E-state index contributed by atoms with van der Waals surface area (Å²) in [5.74, 6) is 15.7. The summed E-state index contributed by atoms with van der Waals surface area (Å²) in [6, 6.07) is 27.6. The minimum absolute atomic E-state index is 0.00841. The lowest BCUT2D eigenvalue weighted by Gasteiger charge is -2.52. The number of rotatable bonds is 0. The van der Waals surface area contributed by atoms with E-state index in [1.54, 1.807) is 6.07 Å². The predicted molar refractivity (Wildman–Crippen MR) is 144 cm³/mol. The number of halogens is 2. The average molecular weight is 488 g/mol. The molecule has 0 radical (unpaired) electrons. The number of hydrogen-bond acceptors (Lipinski definition) is 0. The van der Waals surface area contributed by atoms with E-state index in [1.807, 2.05) is 36.4 Å². The highest BCUT2D eigenvalue weighted by Gasteiger charge is 2.57. The van der Waals surface area contributed by atoms with E-state index in [0.717, 1.165) is 33.4 Å². The van der Waals surface area contributed by atoms with E-state index >= 15 is 0 Å². The number of terminal acetylenes is 1. The predicted octanol–water partition coefficient (Wildman–Crippen LogP) is 7.29. The van der Waals surface area contributed by atoms with E-state index in [0.29, 0.717) is 5.56 Å². The molecule has 0 fully saturated rings. The minimum Gasteiger partial charge on any atom is -0.118 e. The highest BCUT2D eigenvalue weighted by molar-refractivity contribution is 6.43. The van der Waals surface area contributed by atoms with Crippen molar-refractivity contribution in [1.82, 2.24) is 0 Å². The van der Waals surface area contributed by atoms with Gasteiger partial charge in [0.05, 0.1) is 10.0 Å². The van der Waals surface area contributed by atoms with Crippen LogP contribution in [-0.4, -0.2) is 0 Å². The fourth-order valence-corrected chi connectivity index (χ4v) is 5.96. The van der Waals surface area contributed by atoms with E-state index in [4.69, 9.17) is 33.7 Å². The van der Waals surface area contributed by atoms with Gasteiger partial charge in [-0.3, -0.25) is 0 Å². The van der Waals surface area contributed by atoms with Crippen molar-refractivity contribution < 1.29 is 4.11 Å². The summed E-state index contributed by atoms with van der Waals surface area (Å²) in [7, 11) is 0. The fourth-order valence-electron chi connectivity index (χ4n) is 5.59. The van der Waals surface area contributed by atoms with Gasteiger partial charge in [-0.25, -0.2) is 0 Å². The molecule has 2 heteroatoms. The number of benzene rings is 4. The van der Waals surface area contributed by atoms with Crippen molar-refractivity contribution in [1.29, 1.82) is 0 Å². The van der Waals surface area contributed by atoms with Gasteiger partial charge in [-0.2, -0.15) is 0 Å². The van der Waals surface area contributed by atoms with Crippen LogP contribution in [0.5, 0.6) is 0 Å². The van der Waals surface area contributed by atoms with E-state index in [2.05, 4.69) is 66.0 Å². The molecule has 3 aliphatic carbocycles. The first-order valence-corrected chi connectivity index (χ1v) is 11.8. The molecule has 0 spiro atoms. The van der Waals surface area contributed by atoms with E-state index in [9.17, 15) is 0 Å². The van der Waals surface area contributed by atoms with Crippen LogP contribution in [0.15, 0.2) is 84.9 Å². The maximum atomic E-state index is 7.63. The summed E-state index contributed by atoms with van der Waals surface area (Å²) in [6.45, 7) is -2.37. The topological polar surface area (TPSA) is 0 Å². The van der Waals surface area contributed by atoms with Crippen LogP contribution in [-0.2, 0) is 10.8 Å². The third-order valence-corrected chi connectivity index (χ3v) is 7.90. The Morgan fingerprint density at radius 1 is 0.657 bits per heavy atom. The van der Waals surface area contributed by atoms with Gasteiger partial charge in [0.15, 0.2) is 0 Å². The summed E-state index contributed by atoms with van der Waals surface area (Å²) < 4.78 is 22.9. The molecule has 0 heterocycles. The van der Waals surface area contributed by atoms with Gasteiger partial charge in [0, 0.05) is 9.68 Å². The van der Waals surface area contributed by atoms with Crippen LogP contribution in [0.25, 0.3) is 0 Å². The largest absolute Gasteiger partial charge is 0.118 e. The third kappa shape index (κ3) is 2.75. The number of aryl methyl sites for hydroxylation is 1. The second kappa shape index (κ2) is 7.84. The van der Waals surface area contributed by atoms with Gasteiger partial charge in [-0.15, -0.1) is 6.42 Å². The van der Waals surface area contributed by atoms with Crippen LogP contribution < -0.4 is 0 Å². The normalized spacial score (nSPS) is 21.8. The Morgan fingerprint density at radius 2 is 1.14 bits per heavy atom. The lowest BCUT2D eigenvalue weighted by Crippen LogP contribution is -2.49. The van der Waals surface area contributed by atoms with Gasteiger partial charge in [0.25, 0.3) is 0 Å². The average Bonchev–Trinajstić information content (AvgIpc) is 2.93. The zero-order valence-electron chi connectivity index (χ0n) is 21.4.